The second-order valence-corrected chi connectivity index (χ2v) is 6.70. The van der Waals surface area contributed by atoms with Gasteiger partial charge in [0.1, 0.15) is 11.4 Å². The normalized spacial score (nSPS) is 10.7. The summed E-state index contributed by atoms with van der Waals surface area (Å²) in [7, 11) is 3.15. The van der Waals surface area contributed by atoms with Crippen LogP contribution >= 0.6 is 11.3 Å². The minimum atomic E-state index is -0.665. The molecule has 1 heterocycles. The number of nitrogens with zero attached hydrogens (tertiary/aromatic N) is 1. The molecule has 0 unspecified atom stereocenters. The molecule has 2 aromatic carbocycles. The van der Waals surface area contributed by atoms with Gasteiger partial charge in [-0.1, -0.05) is 6.07 Å². The zero-order chi connectivity index (χ0) is 18.8. The van der Waals surface area contributed by atoms with Crippen molar-refractivity contribution in [1.29, 1.82) is 0 Å². The average molecular weight is 375 g/mol. The molecule has 0 atom stereocenters. The first kappa shape index (κ1) is 17.7. The maximum Gasteiger partial charge on any atom is 0.257 e. The fraction of sp³-hybridized carbons (Fsp3) is 0.167. The first-order chi connectivity index (χ1) is 12.4. The number of phenols is 1. The highest BCUT2D eigenvalue weighted by Gasteiger charge is 2.23. The molecule has 7 nitrogen and oxygen atoms in total. The number of phenolic OH excluding ortho intramolecular Hbond substituents is 1. The molecule has 0 aliphatic rings. The lowest BCUT2D eigenvalue weighted by Crippen LogP contribution is -2.36. The molecule has 0 aliphatic heterocycles. The number of para-hydroxylation sites is 1. The molecule has 3 rings (SSSR count). The molecule has 0 saturated carbocycles. The summed E-state index contributed by atoms with van der Waals surface area (Å²) in [5, 5.41) is 19.9. The van der Waals surface area contributed by atoms with Crippen molar-refractivity contribution in [3.8, 4) is 5.75 Å². The molecular weight excluding hydrogens is 354 g/mol. The Bertz CT molecular complexity index is 1030. The van der Waals surface area contributed by atoms with Crippen molar-refractivity contribution in [3.05, 3.63) is 66.6 Å². The van der Waals surface area contributed by atoms with Crippen LogP contribution in [0, 0.1) is 0 Å². The molecule has 26 heavy (non-hydrogen) atoms. The zero-order valence-corrected chi connectivity index (χ0v) is 15.0. The highest BCUT2D eigenvalue weighted by atomic mass is 32.1. The lowest BCUT2D eigenvalue weighted by atomic mass is 10.1. The number of benzene rings is 1. The van der Waals surface area contributed by atoms with Gasteiger partial charge in [-0.25, -0.2) is 0 Å². The minimum Gasteiger partial charge on any atom is -0.505 e. The van der Waals surface area contributed by atoms with E-state index in [2.05, 4.69) is 10.6 Å². The Balaban J connectivity index is 0.00000196. The Kier molecular flexibility index (Phi) is 4.77. The Labute approximate surface area is 156 Å². The number of amides is 1. The fourth-order valence-corrected chi connectivity index (χ4v) is 3.12. The predicted octanol–water partition coefficient (Wildman–Crippen LogP) is 2.60. The quantitative estimate of drug-likeness (QED) is 0.452. The van der Waals surface area contributed by atoms with Crippen LogP contribution in [0.25, 0.3) is 0 Å². The van der Waals surface area contributed by atoms with E-state index in [1.807, 2.05) is 16.8 Å². The molecule has 3 aromatic rings. The number of carbonyl (C=O) groups is 1. The summed E-state index contributed by atoms with van der Waals surface area (Å²) >= 11 is 1.54. The van der Waals surface area contributed by atoms with Gasteiger partial charge in [0.25, 0.3) is 16.8 Å². The molecule has 0 radical (unpaired) electrons. The number of rotatable bonds is 6. The van der Waals surface area contributed by atoms with Gasteiger partial charge in [0.05, 0.1) is 11.3 Å². The van der Waals surface area contributed by atoms with E-state index in [0.29, 0.717) is 6.54 Å². The van der Waals surface area contributed by atoms with Crippen molar-refractivity contribution in [2.75, 3.05) is 24.7 Å². The molecule has 0 spiro atoms. The van der Waals surface area contributed by atoms with E-state index in [0.717, 1.165) is 5.56 Å². The molecule has 0 aliphatic carbocycles. The van der Waals surface area contributed by atoms with E-state index >= 15 is 0 Å². The lowest BCUT2D eigenvalue weighted by molar-refractivity contribution is 0.0824. The first-order valence-corrected chi connectivity index (χ1v) is 8.73. The van der Waals surface area contributed by atoms with E-state index in [-0.39, 0.29) is 37.1 Å². The monoisotopic (exact) mass is 375 g/mol. The molecule has 0 fully saturated rings. The van der Waals surface area contributed by atoms with Gasteiger partial charge in [-0.2, -0.15) is 11.3 Å². The molecule has 0 saturated heterocycles. The van der Waals surface area contributed by atoms with Gasteiger partial charge in [-0.05, 0) is 34.5 Å². The highest BCUT2D eigenvalue weighted by Crippen LogP contribution is 2.32. The van der Waals surface area contributed by atoms with Crippen molar-refractivity contribution in [2.45, 2.75) is 6.54 Å². The van der Waals surface area contributed by atoms with Crippen LogP contribution in [0.15, 0.2) is 44.6 Å². The van der Waals surface area contributed by atoms with Gasteiger partial charge in [0, 0.05) is 23.5 Å². The van der Waals surface area contributed by atoms with Crippen LogP contribution in [0.4, 0.5) is 17.1 Å². The number of hydrogen-bond donors (Lipinski definition) is 3. The van der Waals surface area contributed by atoms with E-state index in [1.54, 1.807) is 20.2 Å². The Hall–Kier alpha value is -3.13. The third-order valence-electron chi connectivity index (χ3n) is 3.89. The molecule has 1 aromatic heterocycles. The first-order valence-electron chi connectivity index (χ1n) is 7.79. The van der Waals surface area contributed by atoms with Crippen LogP contribution in [0.1, 0.15) is 18.8 Å². The van der Waals surface area contributed by atoms with Crippen LogP contribution in [0.5, 0.6) is 5.75 Å². The maximum absolute atomic E-state index is 12.1. The molecule has 0 bridgehead atoms. The van der Waals surface area contributed by atoms with E-state index in [9.17, 15) is 19.5 Å². The van der Waals surface area contributed by atoms with E-state index in [1.165, 1.54) is 28.4 Å². The van der Waals surface area contributed by atoms with Gasteiger partial charge in [0.2, 0.25) is 0 Å². The number of carbonyl (C=O) groups excluding carboxylic acids is 1. The summed E-state index contributed by atoms with van der Waals surface area (Å²) in [6, 6.07) is 6.52. The average Bonchev–Trinajstić information content (AvgIpc) is 3.14. The van der Waals surface area contributed by atoms with Gasteiger partial charge in [0.15, 0.2) is 5.75 Å². The highest BCUT2D eigenvalue weighted by molar-refractivity contribution is 7.07. The van der Waals surface area contributed by atoms with Crippen molar-refractivity contribution in [3.63, 3.8) is 0 Å². The second-order valence-electron chi connectivity index (χ2n) is 5.92. The topological polar surface area (TPSA) is 98.7 Å². The Morgan fingerprint density at radius 3 is 2.58 bits per heavy atom. The van der Waals surface area contributed by atoms with Gasteiger partial charge in [-0.15, -0.1) is 0 Å². The summed E-state index contributed by atoms with van der Waals surface area (Å²) in [6.45, 7) is 0.411. The summed E-state index contributed by atoms with van der Waals surface area (Å²) in [4.78, 5) is 37.2. The summed E-state index contributed by atoms with van der Waals surface area (Å²) in [6.07, 6.45) is 0. The third-order valence-corrected chi connectivity index (χ3v) is 4.62. The summed E-state index contributed by atoms with van der Waals surface area (Å²) in [5.74, 6) is -0.644. The van der Waals surface area contributed by atoms with Crippen LogP contribution in [-0.4, -0.2) is 30.0 Å². The third kappa shape index (κ3) is 3.18. The molecule has 8 heteroatoms. The minimum absolute atomic E-state index is 0. The van der Waals surface area contributed by atoms with Gasteiger partial charge in [-0.3, -0.25) is 14.4 Å². The van der Waals surface area contributed by atoms with E-state index in [4.69, 9.17) is 0 Å². The van der Waals surface area contributed by atoms with Crippen molar-refractivity contribution in [1.82, 2.24) is 4.90 Å². The molecule has 3 N–H and O–H groups in total. The molecular formula is C18H21N3O4S. The number of hydrogen-bond acceptors (Lipinski definition) is 7. The van der Waals surface area contributed by atoms with Gasteiger partial charge >= 0.3 is 0 Å². The lowest BCUT2D eigenvalue weighted by Gasteiger charge is -2.17. The van der Waals surface area contributed by atoms with Crippen LogP contribution < -0.4 is 21.5 Å². The van der Waals surface area contributed by atoms with Crippen molar-refractivity contribution in [2.24, 2.45) is 0 Å². The van der Waals surface area contributed by atoms with Crippen LogP contribution in [0.2, 0.25) is 0 Å². The largest absolute Gasteiger partial charge is 0.505 e. The summed E-state index contributed by atoms with van der Waals surface area (Å²) in [5.41, 5.74) is 0.259. The Morgan fingerprint density at radius 1 is 1.19 bits per heavy atom. The fourth-order valence-electron chi connectivity index (χ4n) is 2.46. The SMILES string of the molecule is CN(C)C(=O)c1cccc(Nc2c(NCc3ccsc3)c(=O)c2=O)c1O.[HH].[HH]. The number of thiophene rings is 1. The molecule has 138 valence electrons. The van der Waals surface area contributed by atoms with E-state index < -0.39 is 10.9 Å². The number of anilines is 3. The summed E-state index contributed by atoms with van der Waals surface area (Å²) < 4.78 is 0. The maximum atomic E-state index is 12.1. The van der Waals surface area contributed by atoms with Crippen molar-refractivity contribution >= 4 is 34.3 Å². The van der Waals surface area contributed by atoms with Gasteiger partial charge < -0.3 is 20.6 Å². The predicted molar refractivity (Wildman–Crippen MR) is 107 cm³/mol. The molecule has 1 amide bonds. The number of nitrogens with one attached hydrogen (secondary N) is 2. The van der Waals surface area contributed by atoms with Crippen molar-refractivity contribution < 1.29 is 12.8 Å². The van der Waals surface area contributed by atoms with Crippen LogP contribution in [0.3, 0.4) is 0 Å². The standard InChI is InChI=1S/C18H17N3O4S.2H2/c1-21(2)18(25)11-4-3-5-12(15(11)22)20-14-13(16(23)17(14)24)19-8-10-6-7-26-9-10;;/h3-7,9,19-20,22H,8H2,1-2H3;2*1H. The second kappa shape index (κ2) is 7.01. The Morgan fingerprint density at radius 2 is 1.92 bits per heavy atom. The number of aromatic hydroxyl groups is 1. The van der Waals surface area contributed by atoms with Crippen LogP contribution in [-0.2, 0) is 6.54 Å². The smallest absolute Gasteiger partial charge is 0.257 e. The zero-order valence-electron chi connectivity index (χ0n) is 14.2.